The average molecular weight is 718 g/mol. The molecule has 0 spiro atoms. The molecule has 12 aromatic rings. The third kappa shape index (κ3) is 4.66. The fraction of sp³-hybridized carbons (Fsp3) is 0. The van der Waals surface area contributed by atoms with E-state index >= 15 is 0 Å². The Morgan fingerprint density at radius 3 is 1.82 bits per heavy atom. The molecule has 4 nitrogen and oxygen atoms in total. The molecule has 262 valence electrons. The zero-order chi connectivity index (χ0) is 36.7. The van der Waals surface area contributed by atoms with E-state index in [-0.39, 0.29) is 0 Å². The van der Waals surface area contributed by atoms with E-state index in [1.165, 1.54) is 16.3 Å². The summed E-state index contributed by atoms with van der Waals surface area (Å²) < 4.78 is 20.2. The Balaban J connectivity index is 1.12. The summed E-state index contributed by atoms with van der Waals surface area (Å²) in [5.74, 6) is 0. The van der Waals surface area contributed by atoms with Gasteiger partial charge >= 0.3 is 0 Å². The van der Waals surface area contributed by atoms with Gasteiger partial charge in [-0.3, -0.25) is 0 Å². The summed E-state index contributed by atoms with van der Waals surface area (Å²) in [6.45, 7) is 0. The summed E-state index contributed by atoms with van der Waals surface area (Å²) in [5.41, 5.74) is 12.4. The molecule has 0 amide bonds. The molecule has 0 aliphatic rings. The van der Waals surface area contributed by atoms with Crippen LogP contribution in [0.5, 0.6) is 0 Å². The largest absolute Gasteiger partial charge is 0.456 e. The SMILES string of the molecule is c1ccc(-c2ccc(N(c3ccc4oc5c(-c6ccc7ccccc7c6)c6c(cc5c4c3)oc3ccccc36)c3cccc4c3oc3ccccc34)cc2)cc1. The van der Waals surface area contributed by atoms with E-state index in [0.717, 1.165) is 99.6 Å². The van der Waals surface area contributed by atoms with Crippen molar-refractivity contribution in [1.82, 2.24) is 0 Å². The lowest BCUT2D eigenvalue weighted by Crippen LogP contribution is -2.10. The van der Waals surface area contributed by atoms with Gasteiger partial charge in [0.05, 0.1) is 5.69 Å². The fourth-order valence-corrected chi connectivity index (χ4v) is 8.63. The number of fused-ring (bicyclic) bond motifs is 10. The lowest BCUT2D eigenvalue weighted by molar-refractivity contribution is 0.664. The smallest absolute Gasteiger partial charge is 0.159 e. The van der Waals surface area contributed by atoms with Crippen molar-refractivity contribution in [1.29, 1.82) is 0 Å². The molecule has 0 N–H and O–H groups in total. The van der Waals surface area contributed by atoms with Crippen LogP contribution in [0.2, 0.25) is 0 Å². The Kier molecular flexibility index (Phi) is 6.60. The molecule has 0 saturated heterocycles. The number of hydrogen-bond donors (Lipinski definition) is 0. The van der Waals surface area contributed by atoms with Gasteiger partial charge in [-0.1, -0.05) is 127 Å². The molecule has 0 unspecified atom stereocenters. The average Bonchev–Trinajstić information content (AvgIpc) is 3.95. The summed E-state index contributed by atoms with van der Waals surface area (Å²) in [6, 6.07) is 65.9. The van der Waals surface area contributed by atoms with Crippen molar-refractivity contribution in [3.63, 3.8) is 0 Å². The predicted molar refractivity (Wildman–Crippen MR) is 231 cm³/mol. The van der Waals surface area contributed by atoms with Gasteiger partial charge in [-0.25, -0.2) is 0 Å². The number of furan rings is 3. The second-order valence-electron chi connectivity index (χ2n) is 14.4. The van der Waals surface area contributed by atoms with Crippen LogP contribution >= 0.6 is 0 Å². The van der Waals surface area contributed by atoms with Gasteiger partial charge in [-0.05, 0) is 88.1 Å². The third-order valence-electron chi connectivity index (χ3n) is 11.2. The molecule has 0 radical (unpaired) electrons. The van der Waals surface area contributed by atoms with E-state index in [1.807, 2.05) is 30.3 Å². The second kappa shape index (κ2) is 12.0. The molecule has 9 aromatic carbocycles. The van der Waals surface area contributed by atoms with Crippen LogP contribution in [-0.4, -0.2) is 0 Å². The zero-order valence-electron chi connectivity index (χ0n) is 30.1. The first-order valence-corrected chi connectivity index (χ1v) is 18.9. The van der Waals surface area contributed by atoms with Crippen molar-refractivity contribution in [2.75, 3.05) is 4.90 Å². The van der Waals surface area contributed by atoms with Crippen molar-refractivity contribution in [3.05, 3.63) is 188 Å². The molecule has 12 rings (SSSR count). The van der Waals surface area contributed by atoms with E-state index < -0.39 is 0 Å². The van der Waals surface area contributed by atoms with E-state index in [1.54, 1.807) is 0 Å². The molecule has 0 bridgehead atoms. The van der Waals surface area contributed by atoms with E-state index in [4.69, 9.17) is 13.3 Å². The van der Waals surface area contributed by atoms with Gasteiger partial charge < -0.3 is 18.2 Å². The predicted octanol–water partition coefficient (Wildman–Crippen LogP) is 15.3. The van der Waals surface area contributed by atoms with Gasteiger partial charge in [0.1, 0.15) is 27.9 Å². The molecule has 0 aliphatic heterocycles. The minimum atomic E-state index is 0.809. The van der Waals surface area contributed by atoms with Crippen molar-refractivity contribution in [3.8, 4) is 22.3 Å². The number of benzene rings is 9. The molecular weight excluding hydrogens is 687 g/mol. The Morgan fingerprint density at radius 1 is 0.321 bits per heavy atom. The van der Waals surface area contributed by atoms with E-state index in [9.17, 15) is 0 Å². The Morgan fingerprint density at radius 2 is 0.964 bits per heavy atom. The van der Waals surface area contributed by atoms with Crippen molar-refractivity contribution in [2.24, 2.45) is 0 Å². The normalized spacial score (nSPS) is 11.9. The summed E-state index contributed by atoms with van der Waals surface area (Å²) in [7, 11) is 0. The molecular formula is C52H31NO3. The molecule has 0 atom stereocenters. The molecule has 0 saturated carbocycles. The Hall–Kier alpha value is -7.56. The summed E-state index contributed by atoms with van der Waals surface area (Å²) in [5, 5.41) is 8.67. The molecule has 3 aromatic heterocycles. The van der Waals surface area contributed by atoms with Gasteiger partial charge in [-0.2, -0.15) is 0 Å². The van der Waals surface area contributed by atoms with Crippen molar-refractivity contribution in [2.45, 2.75) is 0 Å². The van der Waals surface area contributed by atoms with Crippen molar-refractivity contribution < 1.29 is 13.3 Å². The number of anilines is 3. The Labute approximate surface area is 321 Å². The molecule has 0 fully saturated rings. The number of rotatable bonds is 5. The maximum absolute atomic E-state index is 6.92. The highest BCUT2D eigenvalue weighted by Crippen LogP contribution is 2.48. The standard InChI is InChI=1S/C52H31NO3/c1-2-11-32(12-3-1)34-23-25-37(26-24-34)53(44-18-10-17-40-39-15-6-8-19-45(39)55-51(40)44)38-27-28-47-42(30-38)43-31-48-50(41-16-7-9-20-46(41)54-48)49(52(43)56-47)36-22-21-33-13-4-5-14-35(33)29-36/h1-31H. The summed E-state index contributed by atoms with van der Waals surface area (Å²) in [4.78, 5) is 2.29. The van der Waals surface area contributed by atoms with Gasteiger partial charge in [0.15, 0.2) is 5.58 Å². The van der Waals surface area contributed by atoms with Gasteiger partial charge in [0, 0.05) is 49.3 Å². The number of para-hydroxylation sites is 3. The van der Waals surface area contributed by atoms with Crippen LogP contribution in [0.3, 0.4) is 0 Å². The monoisotopic (exact) mass is 717 g/mol. The third-order valence-corrected chi connectivity index (χ3v) is 11.2. The maximum Gasteiger partial charge on any atom is 0.159 e. The van der Waals surface area contributed by atoms with Crippen LogP contribution in [0.25, 0.3) is 98.8 Å². The molecule has 56 heavy (non-hydrogen) atoms. The van der Waals surface area contributed by atoms with E-state index in [2.05, 4.69) is 163 Å². The summed E-state index contributed by atoms with van der Waals surface area (Å²) in [6.07, 6.45) is 0. The number of hydrogen-bond acceptors (Lipinski definition) is 4. The van der Waals surface area contributed by atoms with Gasteiger partial charge in [0.25, 0.3) is 0 Å². The molecule has 3 heterocycles. The van der Waals surface area contributed by atoms with Crippen LogP contribution in [0.4, 0.5) is 17.1 Å². The van der Waals surface area contributed by atoms with Crippen LogP contribution in [0.15, 0.2) is 201 Å². The van der Waals surface area contributed by atoms with Crippen LogP contribution in [0.1, 0.15) is 0 Å². The first-order chi connectivity index (χ1) is 27.7. The van der Waals surface area contributed by atoms with Crippen LogP contribution in [-0.2, 0) is 0 Å². The van der Waals surface area contributed by atoms with E-state index in [0.29, 0.717) is 0 Å². The first-order valence-electron chi connectivity index (χ1n) is 18.9. The van der Waals surface area contributed by atoms with Crippen LogP contribution in [0, 0.1) is 0 Å². The minimum absolute atomic E-state index is 0.809. The van der Waals surface area contributed by atoms with Gasteiger partial charge in [0.2, 0.25) is 0 Å². The Bertz CT molecular complexity index is 3480. The molecule has 4 heteroatoms. The highest BCUT2D eigenvalue weighted by molar-refractivity contribution is 6.24. The maximum atomic E-state index is 6.92. The minimum Gasteiger partial charge on any atom is -0.456 e. The highest BCUT2D eigenvalue weighted by atomic mass is 16.3. The van der Waals surface area contributed by atoms with Gasteiger partial charge in [-0.15, -0.1) is 0 Å². The zero-order valence-corrected chi connectivity index (χ0v) is 30.1. The summed E-state index contributed by atoms with van der Waals surface area (Å²) >= 11 is 0. The topological polar surface area (TPSA) is 42.7 Å². The quantitative estimate of drug-likeness (QED) is 0.178. The number of nitrogens with zero attached hydrogens (tertiary/aromatic N) is 1. The second-order valence-corrected chi connectivity index (χ2v) is 14.4. The highest BCUT2D eigenvalue weighted by Gasteiger charge is 2.24. The van der Waals surface area contributed by atoms with Crippen molar-refractivity contribution >= 4 is 93.7 Å². The lowest BCUT2D eigenvalue weighted by Gasteiger charge is -2.26. The first kappa shape index (κ1) is 30.9. The fourth-order valence-electron chi connectivity index (χ4n) is 8.63. The molecule has 0 aliphatic carbocycles. The van der Waals surface area contributed by atoms with Crippen LogP contribution < -0.4 is 4.90 Å². The lowest BCUT2D eigenvalue weighted by atomic mass is 9.95.